The zero-order valence-corrected chi connectivity index (χ0v) is 11.6. The van der Waals surface area contributed by atoms with Crippen LogP contribution in [0.3, 0.4) is 0 Å². The van der Waals surface area contributed by atoms with Crippen molar-refractivity contribution in [3.05, 3.63) is 24.0 Å². The summed E-state index contributed by atoms with van der Waals surface area (Å²) in [6, 6.07) is 3.66. The number of nitrogens with one attached hydrogen (secondary N) is 1. The first-order valence-electron chi connectivity index (χ1n) is 6.56. The summed E-state index contributed by atoms with van der Waals surface area (Å²) >= 11 is 0. The van der Waals surface area contributed by atoms with Crippen molar-refractivity contribution in [3.8, 4) is 0 Å². The topological polar surface area (TPSA) is 45.2 Å². The quantitative estimate of drug-likeness (QED) is 0.755. The first-order valence-corrected chi connectivity index (χ1v) is 6.56. The number of amides is 1. The van der Waals surface area contributed by atoms with Gasteiger partial charge in [-0.05, 0) is 18.6 Å². The van der Waals surface area contributed by atoms with Crippen LogP contribution < -0.4 is 10.2 Å². The standard InChI is InChI=1S/C14H23N3O/c1-4-5-6-7-10-15-14(18)13-9-8-12(11-16-13)17(2)3/h8-9,11H,4-7,10H2,1-3H3,(H,15,18). The maximum absolute atomic E-state index is 11.8. The van der Waals surface area contributed by atoms with Gasteiger partial charge in [-0.15, -0.1) is 0 Å². The van der Waals surface area contributed by atoms with Gasteiger partial charge in [0, 0.05) is 20.6 Å². The Morgan fingerprint density at radius 3 is 2.61 bits per heavy atom. The zero-order valence-electron chi connectivity index (χ0n) is 11.6. The molecule has 0 saturated heterocycles. The molecule has 0 bridgehead atoms. The van der Waals surface area contributed by atoms with E-state index in [-0.39, 0.29) is 5.91 Å². The number of carbonyl (C=O) groups excluding carboxylic acids is 1. The summed E-state index contributed by atoms with van der Waals surface area (Å²) in [5, 5.41) is 2.89. The molecule has 1 rings (SSSR count). The van der Waals surface area contributed by atoms with Crippen molar-refractivity contribution < 1.29 is 4.79 Å². The van der Waals surface area contributed by atoms with Crippen molar-refractivity contribution in [2.75, 3.05) is 25.5 Å². The molecule has 0 aliphatic rings. The van der Waals surface area contributed by atoms with Gasteiger partial charge in [0.15, 0.2) is 0 Å². The summed E-state index contributed by atoms with van der Waals surface area (Å²) in [5.74, 6) is -0.0863. The lowest BCUT2D eigenvalue weighted by atomic mass is 10.2. The largest absolute Gasteiger partial charge is 0.376 e. The number of hydrogen-bond donors (Lipinski definition) is 1. The molecule has 0 aromatic carbocycles. The molecule has 1 heterocycles. The third-order valence-electron chi connectivity index (χ3n) is 2.81. The van der Waals surface area contributed by atoms with Gasteiger partial charge in [0.1, 0.15) is 5.69 Å². The molecule has 1 amide bonds. The molecule has 4 heteroatoms. The average molecular weight is 249 g/mol. The van der Waals surface area contributed by atoms with E-state index >= 15 is 0 Å². The molecule has 0 aliphatic heterocycles. The third-order valence-corrected chi connectivity index (χ3v) is 2.81. The second-order valence-electron chi connectivity index (χ2n) is 4.61. The minimum Gasteiger partial charge on any atom is -0.376 e. The molecule has 0 atom stereocenters. The molecule has 0 fully saturated rings. The Hall–Kier alpha value is -1.58. The minimum atomic E-state index is -0.0863. The lowest BCUT2D eigenvalue weighted by Gasteiger charge is -2.11. The number of pyridine rings is 1. The van der Waals surface area contributed by atoms with Crippen molar-refractivity contribution >= 4 is 11.6 Å². The van der Waals surface area contributed by atoms with Crippen LogP contribution in [0, 0.1) is 0 Å². The smallest absolute Gasteiger partial charge is 0.269 e. The average Bonchev–Trinajstić information content (AvgIpc) is 2.38. The number of unbranched alkanes of at least 4 members (excludes halogenated alkanes) is 3. The van der Waals surface area contributed by atoms with Crippen molar-refractivity contribution in [1.82, 2.24) is 10.3 Å². The molecule has 1 aromatic heterocycles. The predicted octanol–water partition coefficient (Wildman–Crippen LogP) is 2.46. The second kappa shape index (κ2) is 7.69. The summed E-state index contributed by atoms with van der Waals surface area (Å²) in [6.07, 6.45) is 6.36. The number of hydrogen-bond acceptors (Lipinski definition) is 3. The molecule has 0 spiro atoms. The van der Waals surface area contributed by atoms with Crippen LogP contribution in [0.4, 0.5) is 5.69 Å². The van der Waals surface area contributed by atoms with Crippen molar-refractivity contribution in [1.29, 1.82) is 0 Å². The first-order chi connectivity index (χ1) is 8.65. The van der Waals surface area contributed by atoms with Crippen molar-refractivity contribution in [2.45, 2.75) is 32.6 Å². The van der Waals surface area contributed by atoms with Gasteiger partial charge < -0.3 is 10.2 Å². The second-order valence-corrected chi connectivity index (χ2v) is 4.61. The van der Waals surface area contributed by atoms with Crippen LogP contribution >= 0.6 is 0 Å². The van der Waals surface area contributed by atoms with Gasteiger partial charge >= 0.3 is 0 Å². The summed E-state index contributed by atoms with van der Waals surface area (Å²) in [5.41, 5.74) is 1.48. The van der Waals surface area contributed by atoms with E-state index in [0.29, 0.717) is 5.69 Å². The Morgan fingerprint density at radius 1 is 1.28 bits per heavy atom. The van der Waals surface area contributed by atoms with Crippen LogP contribution in [0.5, 0.6) is 0 Å². The molecule has 0 unspecified atom stereocenters. The minimum absolute atomic E-state index is 0.0863. The fourth-order valence-electron chi connectivity index (χ4n) is 1.63. The van der Waals surface area contributed by atoms with E-state index in [1.165, 1.54) is 19.3 Å². The Bertz CT molecular complexity index is 360. The first kappa shape index (κ1) is 14.5. The van der Waals surface area contributed by atoms with Crippen molar-refractivity contribution in [2.24, 2.45) is 0 Å². The molecule has 1 aromatic rings. The van der Waals surface area contributed by atoms with Crippen LogP contribution in [0.2, 0.25) is 0 Å². The van der Waals surface area contributed by atoms with Crippen LogP contribution in [0.25, 0.3) is 0 Å². The van der Waals surface area contributed by atoms with Gasteiger partial charge in [0.05, 0.1) is 11.9 Å². The molecule has 100 valence electrons. The highest BCUT2D eigenvalue weighted by Crippen LogP contribution is 2.09. The Labute approximate surface area is 109 Å². The molecule has 0 saturated carbocycles. The SMILES string of the molecule is CCCCCCNC(=O)c1ccc(N(C)C)cn1. The van der Waals surface area contributed by atoms with Crippen molar-refractivity contribution in [3.63, 3.8) is 0 Å². The summed E-state index contributed by atoms with van der Waals surface area (Å²) in [7, 11) is 3.90. The van der Waals surface area contributed by atoms with E-state index in [4.69, 9.17) is 0 Å². The zero-order chi connectivity index (χ0) is 13.4. The van der Waals surface area contributed by atoms with E-state index in [2.05, 4.69) is 17.2 Å². The highest BCUT2D eigenvalue weighted by atomic mass is 16.1. The summed E-state index contributed by atoms with van der Waals surface area (Å²) in [6.45, 7) is 2.91. The Balaban J connectivity index is 2.37. The van der Waals surface area contributed by atoms with E-state index in [1.54, 1.807) is 12.3 Å². The van der Waals surface area contributed by atoms with Crippen LogP contribution in [-0.2, 0) is 0 Å². The van der Waals surface area contributed by atoms with E-state index in [0.717, 1.165) is 18.7 Å². The third kappa shape index (κ3) is 4.73. The molecular formula is C14H23N3O. The normalized spacial score (nSPS) is 10.2. The van der Waals surface area contributed by atoms with Gasteiger partial charge in [-0.1, -0.05) is 26.2 Å². The molecular weight excluding hydrogens is 226 g/mol. The maximum Gasteiger partial charge on any atom is 0.269 e. The fraction of sp³-hybridized carbons (Fsp3) is 0.571. The molecule has 0 radical (unpaired) electrons. The molecule has 4 nitrogen and oxygen atoms in total. The number of rotatable bonds is 7. The molecule has 1 N–H and O–H groups in total. The monoisotopic (exact) mass is 249 g/mol. The van der Waals surface area contributed by atoms with Gasteiger partial charge in [-0.2, -0.15) is 0 Å². The highest BCUT2D eigenvalue weighted by molar-refractivity contribution is 5.92. The van der Waals surface area contributed by atoms with Gasteiger partial charge in [0.25, 0.3) is 5.91 Å². The molecule has 18 heavy (non-hydrogen) atoms. The van der Waals surface area contributed by atoms with Crippen LogP contribution in [0.1, 0.15) is 43.1 Å². The fourth-order valence-corrected chi connectivity index (χ4v) is 1.63. The number of anilines is 1. The number of nitrogens with zero attached hydrogens (tertiary/aromatic N) is 2. The molecule has 0 aliphatic carbocycles. The van der Waals surface area contributed by atoms with Crippen LogP contribution in [0.15, 0.2) is 18.3 Å². The maximum atomic E-state index is 11.8. The lowest BCUT2D eigenvalue weighted by Crippen LogP contribution is -2.25. The lowest BCUT2D eigenvalue weighted by molar-refractivity contribution is 0.0948. The summed E-state index contributed by atoms with van der Waals surface area (Å²) in [4.78, 5) is 17.9. The van der Waals surface area contributed by atoms with Gasteiger partial charge in [0.2, 0.25) is 0 Å². The number of carbonyl (C=O) groups is 1. The number of aromatic nitrogens is 1. The summed E-state index contributed by atoms with van der Waals surface area (Å²) < 4.78 is 0. The Kier molecular flexibility index (Phi) is 6.19. The van der Waals surface area contributed by atoms with E-state index in [1.807, 2.05) is 25.1 Å². The van der Waals surface area contributed by atoms with E-state index in [9.17, 15) is 4.79 Å². The van der Waals surface area contributed by atoms with Gasteiger partial charge in [-0.25, -0.2) is 4.98 Å². The highest BCUT2D eigenvalue weighted by Gasteiger charge is 2.06. The Morgan fingerprint density at radius 2 is 2.06 bits per heavy atom. The van der Waals surface area contributed by atoms with Crippen LogP contribution in [-0.4, -0.2) is 31.5 Å². The predicted molar refractivity (Wildman–Crippen MR) is 75.0 cm³/mol. The van der Waals surface area contributed by atoms with E-state index < -0.39 is 0 Å². The van der Waals surface area contributed by atoms with Gasteiger partial charge in [-0.3, -0.25) is 4.79 Å².